The van der Waals surface area contributed by atoms with E-state index in [9.17, 15) is 36.7 Å². The molecule has 67 heavy (non-hydrogen) atoms. The minimum atomic E-state index is -0.507. The van der Waals surface area contributed by atoms with Gasteiger partial charge in [0.2, 0.25) is 0 Å². The standard InChI is InChI=1S/C24H20BrF2N5O2.C24H21F2N5O2/c1-13-3-4-16(8-19(13)27)11-29-24(34)21-9-20(31-22-17(25)12-30-32(21)22)23(33)28-10-15-5-6-18(26)14(2)7-15;1-14-9-16(3-5-18(14)25)12-27-23(32)20-11-21(31-22(30-20)7-8-29-31)24(33)28-13-17-4-6-19(26)15(2)10-17/h3-9,12H,10-11H2,1-2H3,(H,28,33)(H,29,34);3-11H,12-13H2,1-2H3,(H,27,32)(H,28,33). The Hall–Kier alpha value is -7.80. The summed E-state index contributed by atoms with van der Waals surface area (Å²) in [6.45, 7) is 7.20. The summed E-state index contributed by atoms with van der Waals surface area (Å²) in [5.41, 5.74) is 5.65. The van der Waals surface area contributed by atoms with Crippen LogP contribution in [0, 0.1) is 51.0 Å². The lowest BCUT2D eigenvalue weighted by atomic mass is 10.1. The van der Waals surface area contributed by atoms with Gasteiger partial charge < -0.3 is 21.3 Å². The minimum absolute atomic E-state index is 0.0130. The molecule has 8 rings (SSSR count). The van der Waals surface area contributed by atoms with Gasteiger partial charge in [-0.2, -0.15) is 10.2 Å². The number of aryl methyl sites for hydroxylation is 4. The summed E-state index contributed by atoms with van der Waals surface area (Å²) in [6.07, 6.45) is 2.95. The van der Waals surface area contributed by atoms with E-state index < -0.39 is 23.6 Å². The second kappa shape index (κ2) is 20.6. The highest BCUT2D eigenvalue weighted by atomic mass is 79.9. The molecule has 0 saturated heterocycles. The zero-order valence-corrected chi connectivity index (χ0v) is 37.9. The topological polar surface area (TPSA) is 177 Å². The van der Waals surface area contributed by atoms with E-state index in [4.69, 9.17) is 0 Å². The van der Waals surface area contributed by atoms with Crippen LogP contribution in [-0.2, 0) is 26.2 Å². The fourth-order valence-corrected chi connectivity index (χ4v) is 7.04. The van der Waals surface area contributed by atoms with Gasteiger partial charge in [0.15, 0.2) is 11.3 Å². The van der Waals surface area contributed by atoms with Gasteiger partial charge in [-0.3, -0.25) is 19.2 Å². The van der Waals surface area contributed by atoms with Crippen molar-refractivity contribution in [2.75, 3.05) is 0 Å². The van der Waals surface area contributed by atoms with E-state index in [1.54, 1.807) is 82.3 Å². The lowest BCUT2D eigenvalue weighted by Crippen LogP contribution is -2.28. The minimum Gasteiger partial charge on any atom is -0.347 e. The van der Waals surface area contributed by atoms with Crippen molar-refractivity contribution in [3.8, 4) is 0 Å². The van der Waals surface area contributed by atoms with E-state index in [1.807, 2.05) is 0 Å². The second-order valence-electron chi connectivity index (χ2n) is 15.4. The molecular formula is C48H41BrF4N10O4. The van der Waals surface area contributed by atoms with Crippen molar-refractivity contribution in [3.05, 3.63) is 198 Å². The Morgan fingerprint density at radius 3 is 1.40 bits per heavy atom. The number of carbonyl (C=O) groups excluding carboxylic acids is 4. The third-order valence-corrected chi connectivity index (χ3v) is 11.0. The monoisotopic (exact) mass is 976 g/mol. The van der Waals surface area contributed by atoms with Crippen LogP contribution in [0.3, 0.4) is 0 Å². The number of benzene rings is 4. The molecule has 0 aliphatic carbocycles. The highest BCUT2D eigenvalue weighted by Crippen LogP contribution is 2.19. The van der Waals surface area contributed by atoms with Crippen molar-refractivity contribution in [1.82, 2.24) is 50.5 Å². The van der Waals surface area contributed by atoms with E-state index in [2.05, 4.69) is 57.4 Å². The smallest absolute Gasteiger partial charge is 0.270 e. The average Bonchev–Trinajstić information content (AvgIpc) is 3.96. The summed E-state index contributed by atoms with van der Waals surface area (Å²) in [5.74, 6) is -3.27. The van der Waals surface area contributed by atoms with Crippen LogP contribution in [-0.4, -0.2) is 52.8 Å². The Morgan fingerprint density at radius 1 is 0.493 bits per heavy atom. The first-order valence-corrected chi connectivity index (χ1v) is 21.4. The van der Waals surface area contributed by atoms with Gasteiger partial charge >= 0.3 is 0 Å². The molecule has 0 unspecified atom stereocenters. The third kappa shape index (κ3) is 11.4. The molecule has 0 spiro atoms. The van der Waals surface area contributed by atoms with Crippen molar-refractivity contribution >= 4 is 50.9 Å². The molecule has 0 fully saturated rings. The van der Waals surface area contributed by atoms with Crippen molar-refractivity contribution in [3.63, 3.8) is 0 Å². The summed E-state index contributed by atoms with van der Waals surface area (Å²) < 4.78 is 57.4. The summed E-state index contributed by atoms with van der Waals surface area (Å²) in [4.78, 5) is 59.9. The number of amides is 4. The van der Waals surface area contributed by atoms with Gasteiger partial charge in [-0.1, -0.05) is 48.5 Å². The Labute approximate surface area is 389 Å². The number of carbonyl (C=O) groups is 4. The molecule has 0 bridgehead atoms. The first-order valence-electron chi connectivity index (χ1n) is 20.6. The Kier molecular flexibility index (Phi) is 14.5. The lowest BCUT2D eigenvalue weighted by molar-refractivity contribution is 0.0927. The van der Waals surface area contributed by atoms with Crippen LogP contribution in [0.25, 0.3) is 11.3 Å². The predicted molar refractivity (Wildman–Crippen MR) is 243 cm³/mol. The van der Waals surface area contributed by atoms with Crippen LogP contribution >= 0.6 is 15.9 Å². The SMILES string of the molecule is Cc1cc(CNC(=O)c2cc(C(=O)NCc3ccc(C)c(F)c3)n3ncc(Br)c3n2)ccc1F.Cc1cc(CNC(=O)c2cc(C(=O)NCc3ccc(F)c(C)c3)n3nccc3n2)ccc1F. The molecular weight excluding hydrogens is 936 g/mol. The van der Waals surface area contributed by atoms with Crippen molar-refractivity contribution in [1.29, 1.82) is 0 Å². The third-order valence-electron chi connectivity index (χ3n) is 10.4. The molecule has 19 heteroatoms. The van der Waals surface area contributed by atoms with Crippen LogP contribution in [0.5, 0.6) is 0 Å². The van der Waals surface area contributed by atoms with Gasteiger partial charge in [0.1, 0.15) is 46.0 Å². The molecule has 8 aromatic rings. The summed E-state index contributed by atoms with van der Waals surface area (Å²) in [6, 6.07) is 22.7. The fraction of sp³-hybridized carbons (Fsp3) is 0.167. The average molecular weight is 978 g/mol. The molecule has 0 radical (unpaired) electrons. The first-order chi connectivity index (χ1) is 32.0. The molecule has 4 aromatic heterocycles. The maximum atomic E-state index is 13.8. The molecule has 0 atom stereocenters. The van der Waals surface area contributed by atoms with Crippen molar-refractivity contribution < 1.29 is 36.7 Å². The van der Waals surface area contributed by atoms with E-state index >= 15 is 0 Å². The van der Waals surface area contributed by atoms with E-state index in [0.717, 1.165) is 16.7 Å². The number of rotatable bonds is 12. The first kappa shape index (κ1) is 47.2. The van der Waals surface area contributed by atoms with E-state index in [-0.39, 0.29) is 77.9 Å². The quantitative estimate of drug-likeness (QED) is 0.0900. The zero-order valence-electron chi connectivity index (χ0n) is 36.3. The largest absolute Gasteiger partial charge is 0.347 e. The van der Waals surface area contributed by atoms with Gasteiger partial charge in [-0.15, -0.1) is 0 Å². The molecule has 4 N–H and O–H groups in total. The zero-order chi connectivity index (χ0) is 47.9. The number of fused-ring (bicyclic) bond motifs is 2. The van der Waals surface area contributed by atoms with Gasteiger partial charge in [-0.25, -0.2) is 36.6 Å². The van der Waals surface area contributed by atoms with E-state index in [1.165, 1.54) is 57.8 Å². The van der Waals surface area contributed by atoms with Gasteiger partial charge in [0.05, 0.1) is 16.9 Å². The van der Waals surface area contributed by atoms with Crippen molar-refractivity contribution in [2.24, 2.45) is 0 Å². The Morgan fingerprint density at radius 2 is 0.925 bits per heavy atom. The predicted octanol–water partition coefficient (Wildman–Crippen LogP) is 7.73. The molecule has 4 aromatic carbocycles. The number of nitrogens with zero attached hydrogens (tertiary/aromatic N) is 6. The van der Waals surface area contributed by atoms with Crippen LogP contribution in [0.1, 0.15) is 86.5 Å². The highest BCUT2D eigenvalue weighted by molar-refractivity contribution is 9.10. The van der Waals surface area contributed by atoms with Crippen molar-refractivity contribution in [2.45, 2.75) is 53.9 Å². The molecule has 0 aliphatic heterocycles. The van der Waals surface area contributed by atoms with Crippen LogP contribution in [0.2, 0.25) is 0 Å². The number of nitrogens with one attached hydrogen (secondary N) is 4. The van der Waals surface area contributed by atoms with Gasteiger partial charge in [0, 0.05) is 44.4 Å². The van der Waals surface area contributed by atoms with Crippen LogP contribution in [0.15, 0.2) is 108 Å². The number of hydrogen-bond donors (Lipinski definition) is 4. The maximum absolute atomic E-state index is 13.8. The number of halogens is 5. The Bertz CT molecular complexity index is 3210. The normalized spacial score (nSPS) is 10.9. The van der Waals surface area contributed by atoms with E-state index in [0.29, 0.717) is 37.9 Å². The summed E-state index contributed by atoms with van der Waals surface area (Å²) >= 11 is 3.33. The fourth-order valence-electron chi connectivity index (χ4n) is 6.69. The number of hydrogen-bond acceptors (Lipinski definition) is 8. The molecule has 342 valence electrons. The van der Waals surface area contributed by atoms with Crippen LogP contribution in [0.4, 0.5) is 17.6 Å². The summed E-state index contributed by atoms with van der Waals surface area (Å²) in [7, 11) is 0. The van der Waals surface area contributed by atoms with Gasteiger partial charge in [-0.05, 0) is 112 Å². The van der Waals surface area contributed by atoms with Crippen LogP contribution < -0.4 is 21.3 Å². The summed E-state index contributed by atoms with van der Waals surface area (Å²) in [5, 5.41) is 19.2. The Balaban J connectivity index is 0.000000199. The molecule has 0 aliphatic rings. The number of aromatic nitrogens is 6. The molecule has 14 nitrogen and oxygen atoms in total. The molecule has 4 heterocycles. The second-order valence-corrected chi connectivity index (χ2v) is 16.3. The molecule has 0 saturated carbocycles. The lowest BCUT2D eigenvalue weighted by Gasteiger charge is -2.10. The highest BCUT2D eigenvalue weighted by Gasteiger charge is 2.21. The van der Waals surface area contributed by atoms with Gasteiger partial charge in [0.25, 0.3) is 23.6 Å². The molecule has 4 amide bonds. The maximum Gasteiger partial charge on any atom is 0.270 e.